The van der Waals surface area contributed by atoms with E-state index in [2.05, 4.69) is 20.5 Å². The summed E-state index contributed by atoms with van der Waals surface area (Å²) in [4.78, 5) is 9.00. The maximum Gasteiger partial charge on any atom is 0.274 e. The monoisotopic (exact) mass is 507 g/mol. The highest BCUT2D eigenvalue weighted by molar-refractivity contribution is 6.30. The molecular weight excluding hydrogens is 490 g/mol. The van der Waals surface area contributed by atoms with Crippen LogP contribution in [0.2, 0.25) is 5.02 Å². The fraction of sp³-hybridized carbons (Fsp3) is 0.0741. The topological polar surface area (TPSA) is 107 Å². The minimum absolute atomic E-state index is 0.356. The minimum atomic E-state index is -1.65. The van der Waals surface area contributed by atoms with Crippen molar-refractivity contribution in [2.24, 2.45) is 7.05 Å². The van der Waals surface area contributed by atoms with Crippen LogP contribution in [-0.2, 0) is 12.6 Å². The molecule has 1 atom stereocenters. The van der Waals surface area contributed by atoms with Crippen LogP contribution >= 0.6 is 11.6 Å². The number of hydrogen-bond acceptors (Lipinski definition) is 7. The van der Waals surface area contributed by atoms with Crippen molar-refractivity contribution in [3.8, 4) is 11.3 Å². The molecule has 0 fully saturated rings. The molecule has 0 saturated carbocycles. The molecule has 1 N–H and O–H groups in total. The third kappa shape index (κ3) is 3.25. The first-order valence-corrected chi connectivity index (χ1v) is 11.9. The average Bonchev–Trinajstić information content (AvgIpc) is 3.67. The fourth-order valence-electron chi connectivity index (χ4n) is 4.84. The third-order valence-corrected chi connectivity index (χ3v) is 6.87. The normalized spacial score (nSPS) is 13.5. The molecule has 37 heavy (non-hydrogen) atoms. The van der Waals surface area contributed by atoms with E-state index in [1.807, 2.05) is 73.8 Å². The average molecular weight is 508 g/mol. The Kier molecular flexibility index (Phi) is 4.66. The van der Waals surface area contributed by atoms with Crippen molar-refractivity contribution in [2.45, 2.75) is 5.60 Å². The summed E-state index contributed by atoms with van der Waals surface area (Å²) >= 11 is 6.32. The zero-order chi connectivity index (χ0) is 25.1. The zero-order valence-electron chi connectivity index (χ0n) is 19.4. The first-order valence-electron chi connectivity index (χ1n) is 11.5. The van der Waals surface area contributed by atoms with E-state index in [-0.39, 0.29) is 0 Å². The van der Waals surface area contributed by atoms with Crippen LogP contribution in [0, 0.1) is 0 Å². The quantitative estimate of drug-likeness (QED) is 0.366. The SMILES string of the molecule is Cn1cncc1C(O)(c1ccc2c(c1)c(-c1cccc(Cl)c1)nc1nnnn12)c1cc2ccccc2o1. The Labute approximate surface area is 214 Å². The van der Waals surface area contributed by atoms with E-state index in [4.69, 9.17) is 21.0 Å². The summed E-state index contributed by atoms with van der Waals surface area (Å²) in [6.07, 6.45) is 3.28. The van der Waals surface area contributed by atoms with Crippen molar-refractivity contribution < 1.29 is 9.52 Å². The van der Waals surface area contributed by atoms with Gasteiger partial charge >= 0.3 is 0 Å². The number of para-hydroxylation sites is 1. The molecule has 9 nitrogen and oxygen atoms in total. The Morgan fingerprint density at radius 3 is 2.70 bits per heavy atom. The van der Waals surface area contributed by atoms with Crippen molar-refractivity contribution in [1.29, 1.82) is 0 Å². The predicted molar refractivity (Wildman–Crippen MR) is 138 cm³/mol. The Hall–Kier alpha value is -4.60. The number of furan rings is 1. The molecule has 1 unspecified atom stereocenters. The lowest BCUT2D eigenvalue weighted by Crippen LogP contribution is -2.30. The van der Waals surface area contributed by atoms with Crippen LogP contribution < -0.4 is 0 Å². The van der Waals surface area contributed by atoms with Gasteiger partial charge in [-0.2, -0.15) is 4.52 Å². The number of aliphatic hydroxyl groups is 1. The maximum atomic E-state index is 12.5. The minimum Gasteiger partial charge on any atom is -0.457 e. The molecule has 3 aromatic carbocycles. The largest absolute Gasteiger partial charge is 0.457 e. The first kappa shape index (κ1) is 21.7. The second-order valence-corrected chi connectivity index (χ2v) is 9.28. The molecule has 10 heteroatoms. The van der Waals surface area contributed by atoms with E-state index in [1.165, 1.54) is 0 Å². The standard InChI is InChI=1S/C27H18ClN7O2/c1-34-15-29-14-23(34)27(36,24-12-16-5-2-3-8-22(16)37-24)18-9-10-21-20(13-18)25(17-6-4-7-19(28)11-17)30-26-31-32-33-35(21)26/h2-15,36H,1H3. The van der Waals surface area contributed by atoms with Gasteiger partial charge in [-0.05, 0) is 52.4 Å². The molecule has 7 aromatic rings. The van der Waals surface area contributed by atoms with Gasteiger partial charge in [-0.3, -0.25) is 0 Å². The van der Waals surface area contributed by atoms with Crippen LogP contribution in [0.25, 0.3) is 38.9 Å². The second-order valence-electron chi connectivity index (χ2n) is 8.84. The van der Waals surface area contributed by atoms with Crippen molar-refractivity contribution in [3.63, 3.8) is 0 Å². The molecule has 4 aromatic heterocycles. The van der Waals surface area contributed by atoms with Crippen molar-refractivity contribution in [3.05, 3.63) is 107 Å². The number of aryl methyl sites for hydroxylation is 1. The first-order chi connectivity index (χ1) is 18.0. The van der Waals surface area contributed by atoms with Crippen LogP contribution in [0.5, 0.6) is 0 Å². The number of benzene rings is 3. The number of halogens is 1. The van der Waals surface area contributed by atoms with E-state index >= 15 is 0 Å². The highest BCUT2D eigenvalue weighted by atomic mass is 35.5. The second kappa shape index (κ2) is 7.95. The van der Waals surface area contributed by atoms with Gasteiger partial charge in [-0.1, -0.05) is 53.1 Å². The summed E-state index contributed by atoms with van der Waals surface area (Å²) in [5.41, 5.74) is 2.30. The van der Waals surface area contributed by atoms with Gasteiger partial charge in [0.15, 0.2) is 5.60 Å². The Bertz CT molecular complexity index is 1920. The van der Waals surface area contributed by atoms with Gasteiger partial charge in [0.25, 0.3) is 5.78 Å². The van der Waals surface area contributed by atoms with Gasteiger partial charge in [-0.25, -0.2) is 9.97 Å². The highest BCUT2D eigenvalue weighted by Crippen LogP contribution is 2.41. The summed E-state index contributed by atoms with van der Waals surface area (Å²) in [7, 11) is 1.83. The van der Waals surface area contributed by atoms with Crippen LogP contribution in [0.3, 0.4) is 0 Å². The number of hydrogen-bond donors (Lipinski definition) is 1. The number of imidazole rings is 1. The molecule has 7 rings (SSSR count). The Morgan fingerprint density at radius 2 is 1.89 bits per heavy atom. The molecule has 4 heterocycles. The number of nitrogens with zero attached hydrogens (tertiary/aromatic N) is 7. The van der Waals surface area contributed by atoms with Crippen molar-refractivity contribution >= 4 is 39.3 Å². The molecule has 0 aliphatic rings. The van der Waals surface area contributed by atoms with E-state index in [1.54, 1.807) is 27.7 Å². The summed E-state index contributed by atoms with van der Waals surface area (Å²) in [6, 6.07) is 22.5. The molecule has 0 spiro atoms. The fourth-order valence-corrected chi connectivity index (χ4v) is 5.03. The molecule has 0 bridgehead atoms. The van der Waals surface area contributed by atoms with E-state index in [0.717, 1.165) is 21.9 Å². The smallest absolute Gasteiger partial charge is 0.274 e. The lowest BCUT2D eigenvalue weighted by atomic mass is 9.86. The van der Waals surface area contributed by atoms with E-state index < -0.39 is 5.60 Å². The maximum absolute atomic E-state index is 12.5. The molecule has 0 aliphatic carbocycles. The van der Waals surface area contributed by atoms with Crippen molar-refractivity contribution in [2.75, 3.05) is 0 Å². The predicted octanol–water partition coefficient (Wildman–Crippen LogP) is 4.76. The summed E-state index contributed by atoms with van der Waals surface area (Å²) in [5.74, 6) is 0.729. The molecular formula is C27H18ClN7O2. The van der Waals surface area contributed by atoms with Gasteiger partial charge < -0.3 is 14.1 Å². The molecule has 180 valence electrons. The molecule has 0 saturated heterocycles. The van der Waals surface area contributed by atoms with Crippen LogP contribution in [0.15, 0.2) is 89.7 Å². The Balaban J connectivity index is 1.55. The molecule has 0 radical (unpaired) electrons. The van der Waals surface area contributed by atoms with Crippen LogP contribution in [-0.4, -0.2) is 39.7 Å². The van der Waals surface area contributed by atoms with Gasteiger partial charge in [0.05, 0.1) is 29.4 Å². The highest BCUT2D eigenvalue weighted by Gasteiger charge is 2.40. The molecule has 0 aliphatic heterocycles. The zero-order valence-corrected chi connectivity index (χ0v) is 20.2. The van der Waals surface area contributed by atoms with E-state index in [9.17, 15) is 5.11 Å². The van der Waals surface area contributed by atoms with Gasteiger partial charge in [0, 0.05) is 28.4 Å². The number of aromatic nitrogens is 7. The van der Waals surface area contributed by atoms with E-state index in [0.29, 0.717) is 39.1 Å². The van der Waals surface area contributed by atoms with Gasteiger partial charge in [-0.15, -0.1) is 0 Å². The molecule has 0 amide bonds. The number of rotatable bonds is 4. The van der Waals surface area contributed by atoms with Gasteiger partial charge in [0.1, 0.15) is 11.3 Å². The number of tetrazole rings is 1. The Morgan fingerprint density at radius 1 is 1.00 bits per heavy atom. The van der Waals surface area contributed by atoms with Crippen molar-refractivity contribution in [1.82, 2.24) is 34.6 Å². The lowest BCUT2D eigenvalue weighted by Gasteiger charge is -2.27. The van der Waals surface area contributed by atoms with Crippen LogP contribution in [0.1, 0.15) is 17.0 Å². The van der Waals surface area contributed by atoms with Gasteiger partial charge in [0.2, 0.25) is 0 Å². The summed E-state index contributed by atoms with van der Waals surface area (Å²) < 4.78 is 9.55. The lowest BCUT2D eigenvalue weighted by molar-refractivity contribution is 0.0935. The third-order valence-electron chi connectivity index (χ3n) is 6.63. The summed E-state index contributed by atoms with van der Waals surface area (Å²) in [6.45, 7) is 0. The summed E-state index contributed by atoms with van der Waals surface area (Å²) in [5, 5.41) is 26.7. The number of fused-ring (bicyclic) bond motifs is 4. The van der Waals surface area contributed by atoms with Crippen LogP contribution in [0.4, 0.5) is 0 Å².